The summed E-state index contributed by atoms with van der Waals surface area (Å²) in [6.45, 7) is 3.88. The van der Waals surface area contributed by atoms with Crippen LogP contribution in [-0.4, -0.2) is 11.1 Å². The van der Waals surface area contributed by atoms with Crippen molar-refractivity contribution in [3.63, 3.8) is 0 Å². The molecule has 1 aliphatic heterocycles. The van der Waals surface area contributed by atoms with Gasteiger partial charge >= 0.3 is 5.97 Å². The van der Waals surface area contributed by atoms with Crippen molar-refractivity contribution in [1.82, 2.24) is 0 Å². The summed E-state index contributed by atoms with van der Waals surface area (Å²) in [5.41, 5.74) is 0.383. The molecule has 0 amide bonds. The van der Waals surface area contributed by atoms with Crippen LogP contribution in [-0.2, 0) is 10.2 Å². The maximum atomic E-state index is 12.2. The highest BCUT2D eigenvalue weighted by molar-refractivity contribution is 5.89. The molecule has 0 fully saturated rings. The summed E-state index contributed by atoms with van der Waals surface area (Å²) in [4.78, 5) is 12.2. The zero-order chi connectivity index (χ0) is 14.3. The van der Waals surface area contributed by atoms with Gasteiger partial charge in [0.1, 0.15) is 16.9 Å². The lowest BCUT2D eigenvalue weighted by Gasteiger charge is -2.39. The van der Waals surface area contributed by atoms with Crippen molar-refractivity contribution in [2.24, 2.45) is 5.92 Å². The minimum absolute atomic E-state index is 0.0915. The van der Waals surface area contributed by atoms with Crippen molar-refractivity contribution >= 4 is 5.97 Å². The monoisotopic (exact) mass is 268 g/mol. The zero-order valence-corrected chi connectivity index (χ0v) is 11.5. The van der Waals surface area contributed by atoms with Crippen LogP contribution in [0.5, 0.6) is 11.5 Å². The molecule has 0 aliphatic carbocycles. The molecule has 1 aliphatic rings. The fraction of sp³-hybridized carbons (Fsp3) is 0.235. The smallest absolute Gasteiger partial charge is 0.319 e. The van der Waals surface area contributed by atoms with Crippen molar-refractivity contribution in [2.75, 3.05) is 0 Å². The number of ether oxygens (including phenoxy) is 1. The average Bonchev–Trinajstić information content (AvgIpc) is 2.43. The van der Waals surface area contributed by atoms with Crippen LogP contribution in [0.1, 0.15) is 25.0 Å². The molecule has 0 unspecified atom stereocenters. The van der Waals surface area contributed by atoms with Crippen LogP contribution in [0.15, 0.2) is 48.5 Å². The van der Waals surface area contributed by atoms with Crippen LogP contribution >= 0.6 is 0 Å². The summed E-state index contributed by atoms with van der Waals surface area (Å²) in [6, 6.07) is 14.8. The first-order valence-electron chi connectivity index (χ1n) is 6.68. The molecule has 0 radical (unpaired) electrons. The Hall–Kier alpha value is -2.29. The third-order valence-corrected chi connectivity index (χ3v) is 4.05. The van der Waals surface area contributed by atoms with Gasteiger partial charge in [-0.3, -0.25) is 4.79 Å². The van der Waals surface area contributed by atoms with E-state index in [0.717, 1.165) is 11.1 Å². The molecule has 102 valence electrons. The van der Waals surface area contributed by atoms with Gasteiger partial charge in [-0.05, 0) is 18.1 Å². The highest BCUT2D eigenvalue weighted by atomic mass is 16.5. The van der Waals surface area contributed by atoms with Crippen LogP contribution in [0.2, 0.25) is 0 Å². The number of carboxylic acid groups (broad SMARTS) is 1. The van der Waals surface area contributed by atoms with E-state index in [9.17, 15) is 9.90 Å². The zero-order valence-electron chi connectivity index (χ0n) is 11.5. The molecule has 0 aromatic heterocycles. The molecular formula is C17H16O3. The molecule has 0 saturated carbocycles. The Morgan fingerprint density at radius 1 is 1.00 bits per heavy atom. The van der Waals surface area contributed by atoms with Crippen LogP contribution in [0, 0.1) is 5.92 Å². The van der Waals surface area contributed by atoms with Crippen molar-refractivity contribution in [3.8, 4) is 11.5 Å². The maximum Gasteiger partial charge on any atom is 0.319 e. The summed E-state index contributed by atoms with van der Waals surface area (Å²) in [5, 5.41) is 10.00. The van der Waals surface area contributed by atoms with Gasteiger partial charge in [0.05, 0.1) is 0 Å². The summed E-state index contributed by atoms with van der Waals surface area (Å²) >= 11 is 0. The lowest BCUT2D eigenvalue weighted by molar-refractivity contribution is -0.144. The number of para-hydroxylation sites is 2. The number of fused-ring (bicyclic) bond motifs is 2. The van der Waals surface area contributed by atoms with E-state index in [2.05, 4.69) is 0 Å². The van der Waals surface area contributed by atoms with Gasteiger partial charge in [0, 0.05) is 11.1 Å². The van der Waals surface area contributed by atoms with E-state index in [1.807, 2.05) is 62.4 Å². The Bertz CT molecular complexity index is 628. The Morgan fingerprint density at radius 2 is 1.45 bits per heavy atom. The first kappa shape index (κ1) is 12.7. The van der Waals surface area contributed by atoms with Crippen LogP contribution in [0.25, 0.3) is 0 Å². The quantitative estimate of drug-likeness (QED) is 0.900. The second-order valence-corrected chi connectivity index (χ2v) is 5.36. The lowest BCUT2D eigenvalue weighted by atomic mass is 9.65. The van der Waals surface area contributed by atoms with Crippen molar-refractivity contribution in [3.05, 3.63) is 59.7 Å². The SMILES string of the molecule is CC(C)C1(C(=O)O)c2ccccc2Oc2ccccc21. The van der Waals surface area contributed by atoms with Crippen LogP contribution in [0.4, 0.5) is 0 Å². The van der Waals surface area contributed by atoms with Gasteiger partial charge in [0.2, 0.25) is 0 Å². The van der Waals surface area contributed by atoms with Gasteiger partial charge in [-0.15, -0.1) is 0 Å². The van der Waals surface area contributed by atoms with Gasteiger partial charge in [0.25, 0.3) is 0 Å². The molecule has 2 aromatic rings. The number of carbonyl (C=O) groups is 1. The first-order chi connectivity index (χ1) is 9.58. The Balaban J connectivity index is 2.40. The normalized spacial score (nSPS) is 15.2. The Kier molecular flexibility index (Phi) is 2.78. The number of rotatable bonds is 2. The second-order valence-electron chi connectivity index (χ2n) is 5.36. The Morgan fingerprint density at radius 3 is 1.85 bits per heavy atom. The van der Waals surface area contributed by atoms with Crippen LogP contribution < -0.4 is 4.74 Å². The fourth-order valence-corrected chi connectivity index (χ4v) is 3.13. The molecule has 20 heavy (non-hydrogen) atoms. The summed E-state index contributed by atoms with van der Waals surface area (Å²) in [7, 11) is 0. The van der Waals surface area contributed by atoms with Crippen molar-refractivity contribution in [1.29, 1.82) is 0 Å². The van der Waals surface area contributed by atoms with E-state index in [0.29, 0.717) is 11.5 Å². The minimum Gasteiger partial charge on any atom is -0.480 e. The van der Waals surface area contributed by atoms with Crippen molar-refractivity contribution in [2.45, 2.75) is 19.3 Å². The van der Waals surface area contributed by atoms with Gasteiger partial charge in [0.15, 0.2) is 0 Å². The van der Waals surface area contributed by atoms with Gasteiger partial charge in [-0.1, -0.05) is 50.2 Å². The molecule has 2 aromatic carbocycles. The lowest BCUT2D eigenvalue weighted by Crippen LogP contribution is -2.44. The minimum atomic E-state index is -1.06. The van der Waals surface area contributed by atoms with Gasteiger partial charge in [-0.25, -0.2) is 0 Å². The van der Waals surface area contributed by atoms with Crippen LogP contribution in [0.3, 0.4) is 0 Å². The number of benzene rings is 2. The third-order valence-electron chi connectivity index (χ3n) is 4.05. The molecular weight excluding hydrogens is 252 g/mol. The topological polar surface area (TPSA) is 46.5 Å². The summed E-state index contributed by atoms with van der Waals surface area (Å²) in [5.74, 6) is 0.325. The molecule has 1 N–H and O–H groups in total. The number of hydrogen-bond acceptors (Lipinski definition) is 2. The molecule has 3 rings (SSSR count). The molecule has 1 heterocycles. The molecule has 3 heteroatoms. The van der Waals surface area contributed by atoms with E-state index in [1.54, 1.807) is 0 Å². The largest absolute Gasteiger partial charge is 0.480 e. The fourth-order valence-electron chi connectivity index (χ4n) is 3.13. The molecule has 3 nitrogen and oxygen atoms in total. The average molecular weight is 268 g/mol. The highest BCUT2D eigenvalue weighted by Crippen LogP contribution is 2.51. The van der Waals surface area contributed by atoms with Crippen molar-refractivity contribution < 1.29 is 14.6 Å². The summed E-state index contributed by atoms with van der Waals surface area (Å²) in [6.07, 6.45) is 0. The molecule has 0 bridgehead atoms. The summed E-state index contributed by atoms with van der Waals surface area (Å²) < 4.78 is 5.87. The number of hydrogen-bond donors (Lipinski definition) is 1. The van der Waals surface area contributed by atoms with E-state index in [4.69, 9.17) is 4.74 Å². The standard InChI is InChI=1S/C17H16O3/c1-11(2)17(16(18)19)12-7-3-5-9-14(12)20-15-10-6-4-8-13(15)17/h3-11H,1-2H3,(H,18,19). The van der Waals surface area contributed by atoms with E-state index < -0.39 is 11.4 Å². The highest BCUT2D eigenvalue weighted by Gasteiger charge is 2.50. The predicted octanol–water partition coefficient (Wildman–Crippen LogP) is 3.82. The van der Waals surface area contributed by atoms with E-state index in [-0.39, 0.29) is 5.92 Å². The number of aliphatic carboxylic acids is 1. The number of carboxylic acids is 1. The Labute approximate surface area is 117 Å². The predicted molar refractivity (Wildman–Crippen MR) is 76.2 cm³/mol. The first-order valence-corrected chi connectivity index (χ1v) is 6.68. The van der Waals surface area contributed by atoms with Gasteiger partial charge in [-0.2, -0.15) is 0 Å². The third kappa shape index (κ3) is 1.49. The second kappa shape index (κ2) is 4.37. The maximum absolute atomic E-state index is 12.2. The molecule has 0 saturated heterocycles. The van der Waals surface area contributed by atoms with E-state index in [1.165, 1.54) is 0 Å². The molecule has 0 spiro atoms. The molecule has 0 atom stereocenters. The van der Waals surface area contributed by atoms with E-state index >= 15 is 0 Å². The van der Waals surface area contributed by atoms with Gasteiger partial charge < -0.3 is 9.84 Å².